The molecule has 0 aliphatic carbocycles. The van der Waals surface area contributed by atoms with Gasteiger partial charge in [-0.05, 0) is 59.2 Å². The lowest BCUT2D eigenvalue weighted by molar-refractivity contribution is -0.125. The van der Waals surface area contributed by atoms with Gasteiger partial charge in [-0.1, -0.05) is 19.8 Å². The monoisotopic (exact) mass is 334 g/mol. The van der Waals surface area contributed by atoms with E-state index in [0.29, 0.717) is 6.54 Å². The first-order chi connectivity index (χ1) is 11.4. The van der Waals surface area contributed by atoms with Crippen LogP contribution in [0.2, 0.25) is 0 Å². The van der Waals surface area contributed by atoms with Crippen LogP contribution in [-0.2, 0) is 11.3 Å². The predicted octanol–water partition coefficient (Wildman–Crippen LogP) is 2.83. The van der Waals surface area contributed by atoms with E-state index in [1.807, 2.05) is 18.5 Å². The molecular formula is C19H34N4O. The minimum Gasteiger partial charge on any atom is -0.352 e. The third-order valence-corrected chi connectivity index (χ3v) is 5.26. The second-order valence-corrected chi connectivity index (χ2v) is 7.50. The molecule has 5 heteroatoms. The van der Waals surface area contributed by atoms with E-state index in [0.717, 1.165) is 17.9 Å². The molecule has 5 nitrogen and oxygen atoms in total. The number of likely N-dealkylation sites (tertiary alicyclic amines) is 1. The third-order valence-electron chi connectivity index (χ3n) is 5.26. The molecule has 24 heavy (non-hydrogen) atoms. The molecular weight excluding hydrogens is 300 g/mol. The molecule has 1 aliphatic heterocycles. The summed E-state index contributed by atoms with van der Waals surface area (Å²) in [5.41, 5.74) is 3.43. The van der Waals surface area contributed by atoms with Gasteiger partial charge in [0.1, 0.15) is 0 Å². The molecule has 1 amide bonds. The molecule has 1 saturated heterocycles. The molecule has 1 aliphatic rings. The Morgan fingerprint density at radius 3 is 2.25 bits per heavy atom. The predicted molar refractivity (Wildman–Crippen MR) is 98.1 cm³/mol. The lowest BCUT2D eigenvalue weighted by Gasteiger charge is -2.25. The summed E-state index contributed by atoms with van der Waals surface area (Å²) in [6, 6.07) is 0.195. The van der Waals surface area contributed by atoms with Gasteiger partial charge in [-0.2, -0.15) is 5.10 Å². The molecule has 2 rings (SSSR count). The van der Waals surface area contributed by atoms with Crippen LogP contribution in [0.25, 0.3) is 0 Å². The van der Waals surface area contributed by atoms with E-state index in [2.05, 4.69) is 36.1 Å². The summed E-state index contributed by atoms with van der Waals surface area (Å²) in [6.07, 6.45) is 5.26. The maximum Gasteiger partial charge on any atom is 0.224 e. The molecule has 0 saturated carbocycles. The van der Waals surface area contributed by atoms with Gasteiger partial charge < -0.3 is 10.2 Å². The van der Waals surface area contributed by atoms with Crippen molar-refractivity contribution in [3.05, 3.63) is 17.0 Å². The van der Waals surface area contributed by atoms with Gasteiger partial charge in [0.15, 0.2) is 0 Å². The van der Waals surface area contributed by atoms with E-state index in [9.17, 15) is 4.79 Å². The van der Waals surface area contributed by atoms with E-state index in [1.54, 1.807) is 0 Å². The van der Waals surface area contributed by atoms with Crippen molar-refractivity contribution in [2.24, 2.45) is 5.92 Å². The van der Waals surface area contributed by atoms with Gasteiger partial charge in [-0.25, -0.2) is 0 Å². The number of aromatic nitrogens is 2. The van der Waals surface area contributed by atoms with Gasteiger partial charge in [0.2, 0.25) is 5.91 Å². The summed E-state index contributed by atoms with van der Waals surface area (Å²) in [4.78, 5) is 15.0. The summed E-state index contributed by atoms with van der Waals surface area (Å²) < 4.78 is 1.97. The molecule has 2 heterocycles. The summed E-state index contributed by atoms with van der Waals surface area (Å²) in [6.45, 7) is 14.2. The zero-order chi connectivity index (χ0) is 17.7. The Morgan fingerprint density at radius 2 is 1.71 bits per heavy atom. The quantitative estimate of drug-likeness (QED) is 0.870. The zero-order valence-corrected chi connectivity index (χ0v) is 16.1. The van der Waals surface area contributed by atoms with Gasteiger partial charge in [0.25, 0.3) is 0 Å². The fourth-order valence-corrected chi connectivity index (χ4v) is 3.44. The highest BCUT2D eigenvalue weighted by molar-refractivity contribution is 5.78. The number of aryl methyl sites for hydroxylation is 1. The Balaban J connectivity index is 1.82. The normalized spacial score (nSPS) is 18.9. The topological polar surface area (TPSA) is 50.2 Å². The molecule has 1 aromatic heterocycles. The van der Waals surface area contributed by atoms with Crippen molar-refractivity contribution in [3.63, 3.8) is 0 Å². The fraction of sp³-hybridized carbons (Fsp3) is 0.789. The molecule has 0 bridgehead atoms. The van der Waals surface area contributed by atoms with Gasteiger partial charge in [0.05, 0.1) is 18.2 Å². The highest BCUT2D eigenvalue weighted by Crippen LogP contribution is 2.13. The average molecular weight is 335 g/mol. The van der Waals surface area contributed by atoms with Crippen LogP contribution in [0.5, 0.6) is 0 Å². The van der Waals surface area contributed by atoms with Crippen molar-refractivity contribution in [1.29, 1.82) is 0 Å². The van der Waals surface area contributed by atoms with Crippen LogP contribution in [0.1, 0.15) is 56.5 Å². The second kappa shape index (κ2) is 8.65. The van der Waals surface area contributed by atoms with E-state index in [-0.39, 0.29) is 17.9 Å². The Hall–Kier alpha value is -1.36. The van der Waals surface area contributed by atoms with Crippen molar-refractivity contribution in [2.45, 2.75) is 72.9 Å². The number of carbonyl (C=O) groups is 1. The second-order valence-electron chi connectivity index (χ2n) is 7.50. The number of rotatable bonds is 6. The molecule has 0 unspecified atom stereocenters. The molecule has 136 valence electrons. The van der Waals surface area contributed by atoms with Crippen LogP contribution in [-0.4, -0.2) is 46.3 Å². The lowest BCUT2D eigenvalue weighted by Crippen LogP contribution is -2.44. The number of hydrogen-bond acceptors (Lipinski definition) is 3. The van der Waals surface area contributed by atoms with Crippen molar-refractivity contribution >= 4 is 5.91 Å². The van der Waals surface area contributed by atoms with Gasteiger partial charge in [0, 0.05) is 18.3 Å². The molecule has 0 radical (unpaired) electrons. The minimum atomic E-state index is -0.0750. The lowest BCUT2D eigenvalue weighted by atomic mass is 10.1. The van der Waals surface area contributed by atoms with Crippen LogP contribution in [0.3, 0.4) is 0 Å². The highest BCUT2D eigenvalue weighted by Gasteiger charge is 2.19. The maximum atomic E-state index is 12.5. The van der Waals surface area contributed by atoms with Gasteiger partial charge in [-0.3, -0.25) is 9.48 Å². The summed E-state index contributed by atoms with van der Waals surface area (Å²) in [5, 5.41) is 7.73. The summed E-state index contributed by atoms with van der Waals surface area (Å²) in [7, 11) is 0. The molecule has 0 aromatic carbocycles. The first-order valence-corrected chi connectivity index (χ1v) is 9.41. The third kappa shape index (κ3) is 5.07. The van der Waals surface area contributed by atoms with E-state index in [1.165, 1.54) is 44.3 Å². The summed E-state index contributed by atoms with van der Waals surface area (Å²) >= 11 is 0. The van der Waals surface area contributed by atoms with Crippen molar-refractivity contribution in [1.82, 2.24) is 20.0 Å². The molecule has 2 atom stereocenters. The SMILES string of the molecule is Cc1nn(C[C@H](C)C(=O)N[C@H](C)CN2CCCCCC2)c(C)c1C. The zero-order valence-electron chi connectivity index (χ0n) is 16.1. The number of amides is 1. The smallest absolute Gasteiger partial charge is 0.224 e. The van der Waals surface area contributed by atoms with Crippen LogP contribution in [0.15, 0.2) is 0 Å². The van der Waals surface area contributed by atoms with Crippen molar-refractivity contribution in [2.75, 3.05) is 19.6 Å². The first kappa shape index (κ1) is 19.0. The van der Waals surface area contributed by atoms with Crippen LogP contribution < -0.4 is 5.32 Å². The average Bonchev–Trinajstić information content (AvgIpc) is 2.75. The Morgan fingerprint density at radius 1 is 1.08 bits per heavy atom. The largest absolute Gasteiger partial charge is 0.352 e. The fourth-order valence-electron chi connectivity index (χ4n) is 3.44. The standard InChI is InChI=1S/C19H34N4O/c1-14(12-23-18(5)16(3)17(4)21-23)19(24)20-15(2)13-22-10-8-6-7-9-11-22/h14-15H,6-13H2,1-5H3,(H,20,24)/t14-,15+/m0/s1. The first-order valence-electron chi connectivity index (χ1n) is 9.41. The van der Waals surface area contributed by atoms with E-state index >= 15 is 0 Å². The molecule has 1 N–H and O–H groups in total. The van der Waals surface area contributed by atoms with Gasteiger partial charge >= 0.3 is 0 Å². The minimum absolute atomic E-state index is 0.0750. The van der Waals surface area contributed by atoms with Crippen molar-refractivity contribution in [3.8, 4) is 0 Å². The maximum absolute atomic E-state index is 12.5. The van der Waals surface area contributed by atoms with E-state index < -0.39 is 0 Å². The highest BCUT2D eigenvalue weighted by atomic mass is 16.2. The molecule has 1 aromatic rings. The van der Waals surface area contributed by atoms with Crippen LogP contribution >= 0.6 is 0 Å². The summed E-state index contributed by atoms with van der Waals surface area (Å²) in [5.74, 6) is 0.0523. The molecule has 1 fully saturated rings. The van der Waals surface area contributed by atoms with Crippen molar-refractivity contribution < 1.29 is 4.79 Å². The van der Waals surface area contributed by atoms with Crippen LogP contribution in [0, 0.1) is 26.7 Å². The number of nitrogens with zero attached hydrogens (tertiary/aromatic N) is 3. The van der Waals surface area contributed by atoms with E-state index in [4.69, 9.17) is 0 Å². The van der Waals surface area contributed by atoms with Crippen LogP contribution in [0.4, 0.5) is 0 Å². The Labute approximate surface area is 146 Å². The number of nitrogens with one attached hydrogen (secondary N) is 1. The Bertz CT molecular complexity index is 544. The number of hydrogen-bond donors (Lipinski definition) is 1. The van der Waals surface area contributed by atoms with Gasteiger partial charge in [-0.15, -0.1) is 0 Å². The number of carbonyl (C=O) groups excluding carboxylic acids is 1. The molecule has 0 spiro atoms. The Kier molecular flexibility index (Phi) is 6.84.